The third kappa shape index (κ3) is 1.56. The van der Waals surface area contributed by atoms with Gasteiger partial charge in [0.25, 0.3) is 0 Å². The molecule has 2 heterocycles. The average Bonchev–Trinajstić information content (AvgIpc) is 2.85. The molecule has 5 heteroatoms. The van der Waals surface area contributed by atoms with Gasteiger partial charge in [0.1, 0.15) is 0 Å². The van der Waals surface area contributed by atoms with Gasteiger partial charge in [-0.25, -0.2) is 0 Å². The first-order valence-electron chi connectivity index (χ1n) is 3.89. The quantitative estimate of drug-likeness (QED) is 0.754. The lowest BCUT2D eigenvalue weighted by Gasteiger charge is -1.91. The number of rotatable bonds is 3. The van der Waals surface area contributed by atoms with Gasteiger partial charge in [0.2, 0.25) is 5.88 Å². The topological polar surface area (TPSA) is 39.2 Å². The Morgan fingerprint density at radius 1 is 1.57 bits per heavy atom. The summed E-state index contributed by atoms with van der Waals surface area (Å²) >= 11 is 2.77. The van der Waals surface area contributed by atoms with Crippen molar-refractivity contribution in [1.29, 1.82) is 0 Å². The summed E-state index contributed by atoms with van der Waals surface area (Å²) < 4.78 is 9.05. The van der Waals surface area contributed by atoms with Crippen LogP contribution >= 0.6 is 22.9 Å². The molecule has 2 aromatic rings. The lowest BCUT2D eigenvalue weighted by Crippen LogP contribution is -1.79. The molecule has 0 amide bonds. The Kier molecular flexibility index (Phi) is 2.60. The largest absolute Gasteiger partial charge is 0.480 e. The Morgan fingerprint density at radius 3 is 3.07 bits per heavy atom. The molecule has 0 bridgehead atoms. The minimum atomic E-state index is 0.591. The van der Waals surface area contributed by atoms with Crippen LogP contribution in [-0.4, -0.2) is 17.8 Å². The number of hydrogen-bond acceptors (Lipinski definition) is 5. The summed E-state index contributed by atoms with van der Waals surface area (Å²) in [5.74, 6) is 0.591. The van der Waals surface area contributed by atoms with Crippen LogP contribution in [0.1, 0.15) is 9.67 Å². The Hall–Kier alpha value is -1.20. The molecule has 0 aromatic carbocycles. The first-order valence-corrected chi connectivity index (χ1v) is 5.54. The summed E-state index contributed by atoms with van der Waals surface area (Å²) in [5, 5.41) is 1.89. The smallest absolute Gasteiger partial charge is 0.225 e. The monoisotopic (exact) mass is 225 g/mol. The number of thiophene rings is 1. The summed E-state index contributed by atoms with van der Waals surface area (Å²) in [4.78, 5) is 12.4. The molecule has 14 heavy (non-hydrogen) atoms. The van der Waals surface area contributed by atoms with E-state index in [2.05, 4.69) is 4.37 Å². The highest BCUT2D eigenvalue weighted by Crippen LogP contribution is 2.32. The lowest BCUT2D eigenvalue weighted by atomic mass is 10.2. The summed E-state index contributed by atoms with van der Waals surface area (Å²) in [6, 6.07) is 3.75. The Labute approximate surface area is 89.1 Å². The second kappa shape index (κ2) is 3.89. The average molecular weight is 225 g/mol. The van der Waals surface area contributed by atoms with E-state index in [-0.39, 0.29) is 0 Å². The summed E-state index contributed by atoms with van der Waals surface area (Å²) in [6.07, 6.45) is 0.867. The van der Waals surface area contributed by atoms with E-state index in [4.69, 9.17) is 4.74 Å². The molecule has 0 saturated carbocycles. The van der Waals surface area contributed by atoms with Crippen LogP contribution in [0.15, 0.2) is 17.5 Å². The highest BCUT2D eigenvalue weighted by Gasteiger charge is 2.09. The normalized spacial score (nSPS) is 10.1. The van der Waals surface area contributed by atoms with Crippen molar-refractivity contribution in [2.45, 2.75) is 0 Å². The molecule has 0 radical (unpaired) electrons. The van der Waals surface area contributed by atoms with Gasteiger partial charge in [-0.2, -0.15) is 4.37 Å². The second-order valence-electron chi connectivity index (χ2n) is 2.55. The second-order valence-corrected chi connectivity index (χ2v) is 4.30. The molecule has 72 valence electrons. The van der Waals surface area contributed by atoms with E-state index < -0.39 is 0 Å². The number of carbonyl (C=O) groups excluding carboxylic acids is 1. The van der Waals surface area contributed by atoms with Gasteiger partial charge in [-0.05, 0) is 23.0 Å². The van der Waals surface area contributed by atoms with Gasteiger partial charge in [0.05, 0.1) is 16.9 Å². The first kappa shape index (κ1) is 9.36. The molecule has 0 N–H and O–H groups in total. The van der Waals surface area contributed by atoms with Crippen molar-refractivity contribution in [3.05, 3.63) is 22.4 Å². The van der Waals surface area contributed by atoms with Crippen LogP contribution < -0.4 is 4.74 Å². The van der Waals surface area contributed by atoms with Crippen LogP contribution in [-0.2, 0) is 0 Å². The van der Waals surface area contributed by atoms with Gasteiger partial charge in [0.15, 0.2) is 6.29 Å². The van der Waals surface area contributed by atoms with Crippen molar-refractivity contribution in [3.8, 4) is 16.3 Å². The summed E-state index contributed by atoms with van der Waals surface area (Å²) in [5.41, 5.74) is 0.936. The predicted octanol–water partition coefficient (Wildman–Crippen LogP) is 2.69. The molecule has 3 nitrogen and oxygen atoms in total. The zero-order chi connectivity index (χ0) is 9.97. The van der Waals surface area contributed by atoms with Crippen molar-refractivity contribution in [3.63, 3.8) is 0 Å². The fourth-order valence-electron chi connectivity index (χ4n) is 1.10. The van der Waals surface area contributed by atoms with Crippen LogP contribution in [0.25, 0.3) is 10.4 Å². The first-order chi connectivity index (χ1) is 6.85. The molecule has 0 spiro atoms. The minimum absolute atomic E-state index is 0.591. The van der Waals surface area contributed by atoms with Crippen LogP contribution in [0.2, 0.25) is 0 Å². The zero-order valence-corrected chi connectivity index (χ0v) is 9.02. The highest BCUT2D eigenvalue weighted by atomic mass is 32.1. The van der Waals surface area contributed by atoms with Gasteiger partial charge >= 0.3 is 0 Å². The van der Waals surface area contributed by atoms with Crippen molar-refractivity contribution in [2.75, 3.05) is 7.11 Å². The molecule has 0 unspecified atom stereocenters. The third-order valence-electron chi connectivity index (χ3n) is 1.77. The van der Waals surface area contributed by atoms with Crippen LogP contribution in [0, 0.1) is 0 Å². The maximum atomic E-state index is 10.7. The van der Waals surface area contributed by atoms with Crippen LogP contribution in [0.5, 0.6) is 5.88 Å². The number of ether oxygens (including phenoxy) is 1. The Balaban J connectivity index is 2.43. The van der Waals surface area contributed by atoms with Crippen molar-refractivity contribution < 1.29 is 9.53 Å². The molecule has 0 atom stereocenters. The Morgan fingerprint density at radius 2 is 2.43 bits per heavy atom. The van der Waals surface area contributed by atoms with Crippen molar-refractivity contribution >= 4 is 29.2 Å². The molecule has 0 aliphatic carbocycles. The van der Waals surface area contributed by atoms with E-state index in [1.807, 2.05) is 17.5 Å². The molecular weight excluding hydrogens is 218 g/mol. The molecule has 0 aliphatic rings. The SMILES string of the molecule is COc1cc(-c2ccsc2C=O)sn1. The highest BCUT2D eigenvalue weighted by molar-refractivity contribution is 7.13. The van der Waals surface area contributed by atoms with Crippen molar-refractivity contribution in [2.24, 2.45) is 0 Å². The van der Waals surface area contributed by atoms with E-state index in [0.717, 1.165) is 21.6 Å². The Bertz CT molecular complexity index is 447. The van der Waals surface area contributed by atoms with Gasteiger partial charge in [0, 0.05) is 11.6 Å². The number of carbonyl (C=O) groups is 1. The van der Waals surface area contributed by atoms with Gasteiger partial charge in [-0.15, -0.1) is 11.3 Å². The molecule has 2 rings (SSSR count). The lowest BCUT2D eigenvalue weighted by molar-refractivity contribution is 0.112. The van der Waals surface area contributed by atoms with Crippen LogP contribution in [0.3, 0.4) is 0 Å². The number of nitrogens with zero attached hydrogens (tertiary/aromatic N) is 1. The minimum Gasteiger partial charge on any atom is -0.480 e. The van der Waals surface area contributed by atoms with Gasteiger partial charge in [-0.1, -0.05) is 0 Å². The summed E-state index contributed by atoms with van der Waals surface area (Å²) in [6.45, 7) is 0. The number of aldehydes is 1. The standard InChI is InChI=1S/C9H7NO2S2/c1-12-9-4-7(14-10-9)6-2-3-13-8(6)5-11/h2-5H,1H3. The predicted molar refractivity (Wildman–Crippen MR) is 57.4 cm³/mol. The fraction of sp³-hybridized carbons (Fsp3) is 0.111. The van der Waals surface area contributed by atoms with Crippen LogP contribution in [0.4, 0.5) is 0 Å². The zero-order valence-electron chi connectivity index (χ0n) is 7.39. The number of hydrogen-bond donors (Lipinski definition) is 0. The van der Waals surface area contributed by atoms with E-state index in [9.17, 15) is 4.79 Å². The van der Waals surface area contributed by atoms with Gasteiger partial charge < -0.3 is 4.74 Å². The van der Waals surface area contributed by atoms with E-state index in [1.165, 1.54) is 22.9 Å². The maximum absolute atomic E-state index is 10.7. The van der Waals surface area contributed by atoms with Gasteiger partial charge in [-0.3, -0.25) is 4.79 Å². The molecule has 0 aliphatic heterocycles. The summed E-state index contributed by atoms with van der Waals surface area (Å²) in [7, 11) is 1.58. The molecular formula is C9H7NO2S2. The number of methoxy groups -OCH3 is 1. The van der Waals surface area contributed by atoms with E-state index in [1.54, 1.807) is 7.11 Å². The maximum Gasteiger partial charge on any atom is 0.225 e. The third-order valence-corrected chi connectivity index (χ3v) is 3.41. The number of aromatic nitrogens is 1. The molecule has 0 fully saturated rings. The molecule has 2 aromatic heterocycles. The fourth-order valence-corrected chi connectivity index (χ4v) is 2.62. The van der Waals surface area contributed by atoms with Crippen molar-refractivity contribution in [1.82, 2.24) is 4.37 Å². The van der Waals surface area contributed by atoms with E-state index >= 15 is 0 Å². The van der Waals surface area contributed by atoms with E-state index in [0.29, 0.717) is 5.88 Å². The molecule has 0 saturated heterocycles.